The number of sulfonamides is 1. The molecule has 2 N–H and O–H groups in total. The summed E-state index contributed by atoms with van der Waals surface area (Å²) in [6.07, 6.45) is 0. The first-order chi connectivity index (χ1) is 11.3. The van der Waals surface area contributed by atoms with Crippen molar-refractivity contribution >= 4 is 21.6 Å². The molecule has 1 amide bonds. The molecule has 0 spiro atoms. The maximum Gasteiger partial charge on any atom is 0.241 e. The van der Waals surface area contributed by atoms with Crippen LogP contribution in [0.1, 0.15) is 5.56 Å². The van der Waals surface area contributed by atoms with E-state index < -0.39 is 28.3 Å². The minimum absolute atomic E-state index is 0.0116. The van der Waals surface area contributed by atoms with Crippen LogP contribution in [0.2, 0.25) is 0 Å². The van der Waals surface area contributed by atoms with Gasteiger partial charge >= 0.3 is 0 Å². The van der Waals surface area contributed by atoms with Gasteiger partial charge in [0, 0.05) is 5.69 Å². The van der Waals surface area contributed by atoms with E-state index in [0.29, 0.717) is 11.3 Å². The van der Waals surface area contributed by atoms with E-state index in [4.69, 9.17) is 4.74 Å². The van der Waals surface area contributed by atoms with Crippen molar-refractivity contribution in [1.29, 1.82) is 0 Å². The third-order valence-corrected chi connectivity index (χ3v) is 4.67. The van der Waals surface area contributed by atoms with Gasteiger partial charge in [-0.2, -0.15) is 0 Å². The largest absolute Gasteiger partial charge is 0.497 e. The van der Waals surface area contributed by atoms with Crippen LogP contribution in [0.5, 0.6) is 5.75 Å². The summed E-state index contributed by atoms with van der Waals surface area (Å²) in [4.78, 5) is 11.8. The molecular formula is C16H17FN2O4S. The number of halogens is 1. The van der Waals surface area contributed by atoms with Crippen LogP contribution in [-0.2, 0) is 14.8 Å². The standard InChI is InChI=1S/C16H17FN2O4S/c1-11-3-4-12(9-15(11)17)19-16(20)10-18-24(21,22)14-7-5-13(23-2)6-8-14/h3-9,18H,10H2,1-2H3,(H,19,20). The fourth-order valence-electron chi connectivity index (χ4n) is 1.87. The van der Waals surface area contributed by atoms with E-state index in [0.717, 1.165) is 0 Å². The van der Waals surface area contributed by atoms with Gasteiger partial charge in [0.05, 0.1) is 18.6 Å². The third kappa shape index (κ3) is 4.53. The van der Waals surface area contributed by atoms with E-state index in [-0.39, 0.29) is 10.6 Å². The molecular weight excluding hydrogens is 335 g/mol. The summed E-state index contributed by atoms with van der Waals surface area (Å²) in [5.41, 5.74) is 0.708. The second-order valence-corrected chi connectivity index (χ2v) is 6.78. The zero-order chi connectivity index (χ0) is 17.7. The number of anilines is 1. The van der Waals surface area contributed by atoms with Gasteiger partial charge in [0.1, 0.15) is 11.6 Å². The van der Waals surface area contributed by atoms with Crippen LogP contribution in [0.25, 0.3) is 0 Å². The fourth-order valence-corrected chi connectivity index (χ4v) is 2.86. The number of methoxy groups -OCH3 is 1. The topological polar surface area (TPSA) is 84.5 Å². The summed E-state index contributed by atoms with van der Waals surface area (Å²) in [5, 5.41) is 2.43. The summed E-state index contributed by atoms with van der Waals surface area (Å²) in [6, 6.07) is 9.97. The molecule has 0 aliphatic carbocycles. The molecule has 0 unspecified atom stereocenters. The van der Waals surface area contributed by atoms with Crippen molar-refractivity contribution in [2.45, 2.75) is 11.8 Å². The average molecular weight is 352 g/mol. The number of carbonyl (C=O) groups is 1. The number of aryl methyl sites for hydroxylation is 1. The van der Waals surface area contributed by atoms with Crippen molar-refractivity contribution in [2.75, 3.05) is 19.0 Å². The van der Waals surface area contributed by atoms with Gasteiger partial charge in [0.15, 0.2) is 0 Å². The van der Waals surface area contributed by atoms with Gasteiger partial charge in [0.25, 0.3) is 0 Å². The van der Waals surface area contributed by atoms with Crippen molar-refractivity contribution in [3.63, 3.8) is 0 Å². The molecule has 24 heavy (non-hydrogen) atoms. The zero-order valence-electron chi connectivity index (χ0n) is 13.2. The minimum Gasteiger partial charge on any atom is -0.497 e. The molecule has 128 valence electrons. The molecule has 0 bridgehead atoms. The highest BCUT2D eigenvalue weighted by Gasteiger charge is 2.15. The molecule has 0 aromatic heterocycles. The van der Waals surface area contributed by atoms with Gasteiger partial charge < -0.3 is 10.1 Å². The van der Waals surface area contributed by atoms with Crippen LogP contribution in [0.4, 0.5) is 10.1 Å². The van der Waals surface area contributed by atoms with Crippen molar-refractivity contribution < 1.29 is 22.3 Å². The van der Waals surface area contributed by atoms with Crippen LogP contribution < -0.4 is 14.8 Å². The Hall–Kier alpha value is -2.45. The Kier molecular flexibility index (Phi) is 5.53. The summed E-state index contributed by atoms with van der Waals surface area (Å²) in [6.45, 7) is 1.13. The number of rotatable bonds is 6. The molecule has 6 nitrogen and oxygen atoms in total. The average Bonchev–Trinajstić information content (AvgIpc) is 2.56. The normalized spacial score (nSPS) is 11.1. The van der Waals surface area contributed by atoms with Crippen molar-refractivity contribution in [3.8, 4) is 5.75 Å². The molecule has 2 aromatic rings. The second kappa shape index (κ2) is 7.41. The Bertz CT molecular complexity index is 836. The fraction of sp³-hybridized carbons (Fsp3) is 0.188. The Morgan fingerprint density at radius 3 is 2.42 bits per heavy atom. The Morgan fingerprint density at radius 1 is 1.17 bits per heavy atom. The maximum atomic E-state index is 13.4. The van der Waals surface area contributed by atoms with Crippen LogP contribution >= 0.6 is 0 Å². The van der Waals surface area contributed by atoms with E-state index in [1.165, 1.54) is 49.6 Å². The molecule has 0 atom stereocenters. The summed E-state index contributed by atoms with van der Waals surface area (Å²) < 4.78 is 44.7. The van der Waals surface area contributed by atoms with Crippen LogP contribution in [0.3, 0.4) is 0 Å². The molecule has 0 aliphatic heterocycles. The number of amides is 1. The lowest BCUT2D eigenvalue weighted by Gasteiger charge is -2.09. The molecule has 0 aliphatic rings. The SMILES string of the molecule is COc1ccc(S(=O)(=O)NCC(=O)Nc2ccc(C)c(F)c2)cc1. The highest BCUT2D eigenvalue weighted by molar-refractivity contribution is 7.89. The third-order valence-electron chi connectivity index (χ3n) is 3.25. The number of benzene rings is 2. The number of hydrogen-bond acceptors (Lipinski definition) is 4. The van der Waals surface area contributed by atoms with Gasteiger partial charge in [-0.05, 0) is 48.9 Å². The monoisotopic (exact) mass is 352 g/mol. The van der Waals surface area contributed by atoms with Crippen LogP contribution in [0, 0.1) is 12.7 Å². The van der Waals surface area contributed by atoms with Crippen LogP contribution in [-0.4, -0.2) is 28.0 Å². The van der Waals surface area contributed by atoms with Gasteiger partial charge in [-0.25, -0.2) is 17.5 Å². The molecule has 0 saturated carbocycles. The van der Waals surface area contributed by atoms with E-state index >= 15 is 0 Å². The molecule has 0 heterocycles. The molecule has 8 heteroatoms. The number of ether oxygens (including phenoxy) is 1. The van der Waals surface area contributed by atoms with E-state index in [1.54, 1.807) is 6.92 Å². The molecule has 0 fully saturated rings. The quantitative estimate of drug-likeness (QED) is 0.833. The summed E-state index contributed by atoms with van der Waals surface area (Å²) in [7, 11) is -2.36. The first kappa shape index (κ1) is 17.9. The maximum absolute atomic E-state index is 13.4. The predicted octanol–water partition coefficient (Wildman–Crippen LogP) is 2.06. The van der Waals surface area contributed by atoms with E-state index in [2.05, 4.69) is 10.0 Å². The van der Waals surface area contributed by atoms with Crippen LogP contribution in [0.15, 0.2) is 47.4 Å². The molecule has 2 aromatic carbocycles. The zero-order valence-corrected chi connectivity index (χ0v) is 14.0. The van der Waals surface area contributed by atoms with Gasteiger partial charge in [0.2, 0.25) is 15.9 Å². The van der Waals surface area contributed by atoms with Crippen molar-refractivity contribution in [2.24, 2.45) is 0 Å². The Balaban J connectivity index is 1.97. The lowest BCUT2D eigenvalue weighted by Crippen LogP contribution is -2.32. The lowest BCUT2D eigenvalue weighted by atomic mass is 10.2. The second-order valence-electron chi connectivity index (χ2n) is 5.01. The van der Waals surface area contributed by atoms with Gasteiger partial charge in [-0.15, -0.1) is 0 Å². The number of carbonyl (C=O) groups excluding carboxylic acids is 1. The minimum atomic E-state index is -3.83. The smallest absolute Gasteiger partial charge is 0.241 e. The van der Waals surface area contributed by atoms with Crippen molar-refractivity contribution in [3.05, 3.63) is 53.8 Å². The summed E-state index contributed by atoms with van der Waals surface area (Å²) >= 11 is 0. The lowest BCUT2D eigenvalue weighted by molar-refractivity contribution is -0.115. The van der Waals surface area contributed by atoms with Crippen molar-refractivity contribution in [1.82, 2.24) is 4.72 Å². The Labute approximate surface area is 139 Å². The van der Waals surface area contributed by atoms with E-state index in [1.807, 2.05) is 0 Å². The first-order valence-corrected chi connectivity index (χ1v) is 8.50. The Morgan fingerprint density at radius 2 is 1.83 bits per heavy atom. The number of hydrogen-bond donors (Lipinski definition) is 2. The van der Waals surface area contributed by atoms with Gasteiger partial charge in [-0.1, -0.05) is 6.07 Å². The molecule has 0 saturated heterocycles. The highest BCUT2D eigenvalue weighted by Crippen LogP contribution is 2.15. The highest BCUT2D eigenvalue weighted by atomic mass is 32.2. The number of nitrogens with one attached hydrogen (secondary N) is 2. The molecule has 2 rings (SSSR count). The summed E-state index contributed by atoms with van der Waals surface area (Å²) in [5.74, 6) is -0.532. The molecule has 0 radical (unpaired) electrons. The van der Waals surface area contributed by atoms with Gasteiger partial charge in [-0.3, -0.25) is 4.79 Å². The first-order valence-electron chi connectivity index (χ1n) is 7.01. The predicted molar refractivity (Wildman–Crippen MR) is 87.9 cm³/mol. The van der Waals surface area contributed by atoms with E-state index in [9.17, 15) is 17.6 Å².